The lowest BCUT2D eigenvalue weighted by Gasteiger charge is -2.29. The number of carbonyl (C=O) groups excluding carboxylic acids is 1. The van der Waals surface area contributed by atoms with Crippen molar-refractivity contribution in [2.75, 3.05) is 19.0 Å². The number of halogens is 4. The zero-order chi connectivity index (χ0) is 26.6. The van der Waals surface area contributed by atoms with E-state index in [0.29, 0.717) is 12.3 Å². The third-order valence-corrected chi connectivity index (χ3v) is 6.14. The molecule has 7 nitrogen and oxygen atoms in total. The van der Waals surface area contributed by atoms with Crippen molar-refractivity contribution >= 4 is 11.6 Å². The molecule has 1 N–H and O–H groups in total. The van der Waals surface area contributed by atoms with Crippen LogP contribution in [0.4, 0.5) is 23.2 Å². The minimum absolute atomic E-state index is 0.0498. The second kappa shape index (κ2) is 11.2. The molecular weight excluding hydrogens is 492 g/mol. The van der Waals surface area contributed by atoms with Crippen molar-refractivity contribution in [2.24, 2.45) is 0 Å². The van der Waals surface area contributed by atoms with E-state index in [2.05, 4.69) is 20.3 Å². The summed E-state index contributed by atoms with van der Waals surface area (Å²) in [5.41, 5.74) is 0.622. The second-order valence-corrected chi connectivity index (χ2v) is 8.97. The van der Waals surface area contributed by atoms with Crippen LogP contribution in [-0.2, 0) is 4.74 Å². The molecular formula is C26H26F4N4O3. The summed E-state index contributed by atoms with van der Waals surface area (Å²) in [5.74, 6) is -5.19. The number of benzene rings is 1. The van der Waals surface area contributed by atoms with Crippen molar-refractivity contribution in [1.82, 2.24) is 15.0 Å². The standard InChI is InChI=1S/C26H26F4N4O3/c1-15(14-36-2)37-25-32-12-17(13-33-25)24(35)34-23-19(20-11-18(27)3-4-21(20)28)7-10-31-22(23)16-5-8-26(29,30)9-6-16/h3-4,7,10-13,15-16H,5-6,8-9,14H2,1-2H3,(H,34,35). The first-order valence-electron chi connectivity index (χ1n) is 11.8. The van der Waals surface area contributed by atoms with Crippen LogP contribution in [0.2, 0.25) is 0 Å². The lowest BCUT2D eigenvalue weighted by atomic mass is 9.83. The van der Waals surface area contributed by atoms with Crippen LogP contribution in [0.25, 0.3) is 11.1 Å². The number of methoxy groups -OCH3 is 1. The Hall–Kier alpha value is -3.60. The van der Waals surface area contributed by atoms with Gasteiger partial charge in [-0.2, -0.15) is 0 Å². The first-order valence-corrected chi connectivity index (χ1v) is 11.8. The third kappa shape index (κ3) is 6.40. The number of amides is 1. The van der Waals surface area contributed by atoms with Gasteiger partial charge >= 0.3 is 6.01 Å². The molecule has 0 aliphatic heterocycles. The molecule has 1 atom stereocenters. The van der Waals surface area contributed by atoms with Crippen LogP contribution in [-0.4, -0.2) is 46.6 Å². The summed E-state index contributed by atoms with van der Waals surface area (Å²) in [4.78, 5) is 25.6. The Balaban J connectivity index is 1.67. The summed E-state index contributed by atoms with van der Waals surface area (Å²) in [6, 6.07) is 4.47. The minimum Gasteiger partial charge on any atom is -0.458 e. The fourth-order valence-corrected chi connectivity index (χ4v) is 4.29. The van der Waals surface area contributed by atoms with Crippen LogP contribution in [0, 0.1) is 11.6 Å². The molecule has 0 spiro atoms. The van der Waals surface area contributed by atoms with Crippen LogP contribution in [0.15, 0.2) is 42.9 Å². The molecule has 0 radical (unpaired) electrons. The van der Waals surface area contributed by atoms with Gasteiger partial charge in [0.15, 0.2) is 0 Å². The lowest BCUT2D eigenvalue weighted by Crippen LogP contribution is -2.25. The number of alkyl halides is 2. The zero-order valence-electron chi connectivity index (χ0n) is 20.3. The summed E-state index contributed by atoms with van der Waals surface area (Å²) in [6.45, 7) is 2.09. The number of carbonyl (C=O) groups is 1. The number of hydrogen-bond acceptors (Lipinski definition) is 6. The minimum atomic E-state index is -2.77. The molecule has 2 heterocycles. The molecule has 37 heavy (non-hydrogen) atoms. The molecule has 1 amide bonds. The second-order valence-electron chi connectivity index (χ2n) is 8.97. The first-order chi connectivity index (χ1) is 17.7. The molecule has 3 aromatic rings. The van der Waals surface area contributed by atoms with Crippen LogP contribution >= 0.6 is 0 Å². The van der Waals surface area contributed by atoms with Crippen molar-refractivity contribution in [3.8, 4) is 17.1 Å². The molecule has 2 aromatic heterocycles. The fourth-order valence-electron chi connectivity index (χ4n) is 4.29. The largest absolute Gasteiger partial charge is 0.458 e. The molecule has 1 aliphatic rings. The van der Waals surface area contributed by atoms with Gasteiger partial charge in [-0.05, 0) is 44.0 Å². The van der Waals surface area contributed by atoms with Gasteiger partial charge in [-0.25, -0.2) is 27.5 Å². The first kappa shape index (κ1) is 26.5. The molecule has 1 fully saturated rings. The Bertz CT molecular complexity index is 1250. The van der Waals surface area contributed by atoms with Crippen LogP contribution in [0.5, 0.6) is 6.01 Å². The van der Waals surface area contributed by atoms with E-state index in [1.54, 1.807) is 6.92 Å². The Labute approximate surface area is 211 Å². The third-order valence-electron chi connectivity index (χ3n) is 6.14. The molecule has 0 bridgehead atoms. The summed E-state index contributed by atoms with van der Waals surface area (Å²) < 4.78 is 66.9. The number of nitrogens with zero attached hydrogens (tertiary/aromatic N) is 3. The number of nitrogens with one attached hydrogen (secondary N) is 1. The van der Waals surface area contributed by atoms with E-state index < -0.39 is 29.4 Å². The van der Waals surface area contributed by atoms with Gasteiger partial charge in [-0.15, -0.1) is 0 Å². The van der Waals surface area contributed by atoms with Crippen molar-refractivity contribution in [1.29, 1.82) is 0 Å². The number of rotatable bonds is 8. The number of pyridine rings is 1. The van der Waals surface area contributed by atoms with E-state index in [1.165, 1.54) is 31.8 Å². The molecule has 1 unspecified atom stereocenters. The molecule has 1 saturated carbocycles. The maximum atomic E-state index is 14.7. The lowest BCUT2D eigenvalue weighted by molar-refractivity contribution is -0.0384. The van der Waals surface area contributed by atoms with Crippen LogP contribution in [0.3, 0.4) is 0 Å². The van der Waals surface area contributed by atoms with E-state index in [0.717, 1.165) is 18.2 Å². The van der Waals surface area contributed by atoms with Gasteiger partial charge < -0.3 is 14.8 Å². The zero-order valence-corrected chi connectivity index (χ0v) is 20.3. The topological polar surface area (TPSA) is 86.2 Å². The molecule has 1 aromatic carbocycles. The Morgan fingerprint density at radius 2 is 1.81 bits per heavy atom. The predicted octanol–water partition coefficient (Wildman–Crippen LogP) is 5.78. The Morgan fingerprint density at radius 1 is 1.11 bits per heavy atom. The number of ether oxygens (including phenoxy) is 2. The van der Waals surface area contributed by atoms with Gasteiger partial charge in [0.25, 0.3) is 5.91 Å². The van der Waals surface area contributed by atoms with Crippen molar-refractivity contribution in [3.63, 3.8) is 0 Å². The molecule has 11 heteroatoms. The van der Waals surface area contributed by atoms with Gasteiger partial charge in [0.05, 0.1) is 23.6 Å². The van der Waals surface area contributed by atoms with Gasteiger partial charge in [0, 0.05) is 55.6 Å². The summed E-state index contributed by atoms with van der Waals surface area (Å²) >= 11 is 0. The van der Waals surface area contributed by atoms with Crippen LogP contribution in [0.1, 0.15) is 54.6 Å². The van der Waals surface area contributed by atoms with Crippen molar-refractivity contribution < 1.29 is 31.8 Å². The average molecular weight is 519 g/mol. The number of aromatic nitrogens is 3. The number of anilines is 1. The van der Waals surface area contributed by atoms with E-state index in [4.69, 9.17) is 9.47 Å². The maximum absolute atomic E-state index is 14.7. The van der Waals surface area contributed by atoms with Gasteiger partial charge in [0.1, 0.15) is 17.7 Å². The Morgan fingerprint density at radius 3 is 2.49 bits per heavy atom. The maximum Gasteiger partial charge on any atom is 0.316 e. The highest BCUT2D eigenvalue weighted by Gasteiger charge is 2.37. The van der Waals surface area contributed by atoms with E-state index in [1.807, 2.05) is 0 Å². The summed E-state index contributed by atoms with van der Waals surface area (Å²) in [5, 5.41) is 2.72. The van der Waals surface area contributed by atoms with E-state index >= 15 is 0 Å². The van der Waals surface area contributed by atoms with Gasteiger partial charge in [0.2, 0.25) is 5.92 Å². The highest BCUT2D eigenvalue weighted by Crippen LogP contribution is 2.44. The smallest absolute Gasteiger partial charge is 0.316 e. The summed E-state index contributed by atoms with van der Waals surface area (Å²) in [6.07, 6.45) is 3.21. The number of hydrogen-bond donors (Lipinski definition) is 1. The van der Waals surface area contributed by atoms with E-state index in [9.17, 15) is 22.4 Å². The normalized spacial score (nSPS) is 16.3. The SMILES string of the molecule is COCC(C)Oc1ncc(C(=O)Nc2c(-c3cc(F)ccc3F)ccnc2C2CCC(F)(F)CC2)cn1. The highest BCUT2D eigenvalue weighted by molar-refractivity contribution is 6.06. The fraction of sp³-hybridized carbons (Fsp3) is 0.385. The molecule has 1 aliphatic carbocycles. The van der Waals surface area contributed by atoms with E-state index in [-0.39, 0.29) is 60.2 Å². The highest BCUT2D eigenvalue weighted by atomic mass is 19.3. The predicted molar refractivity (Wildman–Crippen MR) is 128 cm³/mol. The van der Waals surface area contributed by atoms with Gasteiger partial charge in [-0.3, -0.25) is 9.78 Å². The van der Waals surface area contributed by atoms with Gasteiger partial charge in [-0.1, -0.05) is 0 Å². The Kier molecular flexibility index (Phi) is 8.01. The monoisotopic (exact) mass is 518 g/mol. The quantitative estimate of drug-likeness (QED) is 0.381. The average Bonchev–Trinajstić information content (AvgIpc) is 2.86. The van der Waals surface area contributed by atoms with Crippen molar-refractivity contribution in [2.45, 2.75) is 50.6 Å². The summed E-state index contributed by atoms with van der Waals surface area (Å²) in [7, 11) is 1.53. The van der Waals surface area contributed by atoms with Crippen LogP contribution < -0.4 is 10.1 Å². The van der Waals surface area contributed by atoms with Crippen molar-refractivity contribution in [3.05, 3.63) is 65.7 Å². The molecule has 196 valence electrons. The molecule has 0 saturated heterocycles. The molecule has 4 rings (SSSR count).